The minimum absolute atomic E-state index is 0.435. The Morgan fingerprint density at radius 3 is 3.10 bits per heavy atom. The third-order valence-corrected chi connectivity index (χ3v) is 4.07. The Kier molecular flexibility index (Phi) is 2.96. The molecule has 104 valence electrons. The SMILES string of the molecule is c1ccc2c(c1)OCC2Cn1cnc(CNC2CC2)c1. The van der Waals surface area contributed by atoms with Gasteiger partial charge in [-0.05, 0) is 18.9 Å². The number of rotatable bonds is 5. The van der Waals surface area contributed by atoms with Gasteiger partial charge >= 0.3 is 0 Å². The molecule has 0 spiro atoms. The fourth-order valence-electron chi connectivity index (χ4n) is 2.77. The molecule has 2 aliphatic rings. The van der Waals surface area contributed by atoms with Gasteiger partial charge < -0.3 is 14.6 Å². The highest BCUT2D eigenvalue weighted by Crippen LogP contribution is 2.34. The van der Waals surface area contributed by atoms with Crippen molar-refractivity contribution in [2.45, 2.75) is 37.9 Å². The van der Waals surface area contributed by atoms with Gasteiger partial charge in [0, 0.05) is 36.8 Å². The lowest BCUT2D eigenvalue weighted by Gasteiger charge is -2.09. The Balaban J connectivity index is 1.41. The van der Waals surface area contributed by atoms with Gasteiger partial charge in [0.05, 0.1) is 18.6 Å². The van der Waals surface area contributed by atoms with Gasteiger partial charge in [-0.25, -0.2) is 4.98 Å². The van der Waals surface area contributed by atoms with Gasteiger partial charge in [0.1, 0.15) is 5.75 Å². The number of aromatic nitrogens is 2. The van der Waals surface area contributed by atoms with E-state index in [1.165, 1.54) is 18.4 Å². The summed E-state index contributed by atoms with van der Waals surface area (Å²) >= 11 is 0. The zero-order chi connectivity index (χ0) is 13.4. The van der Waals surface area contributed by atoms with Crippen molar-refractivity contribution in [3.8, 4) is 5.75 Å². The Labute approximate surface area is 118 Å². The topological polar surface area (TPSA) is 39.1 Å². The van der Waals surface area contributed by atoms with Crippen LogP contribution in [0.25, 0.3) is 0 Å². The average molecular weight is 269 g/mol. The molecular weight excluding hydrogens is 250 g/mol. The molecule has 0 radical (unpaired) electrons. The fourth-order valence-corrected chi connectivity index (χ4v) is 2.77. The summed E-state index contributed by atoms with van der Waals surface area (Å²) in [7, 11) is 0. The lowest BCUT2D eigenvalue weighted by molar-refractivity contribution is 0.319. The van der Waals surface area contributed by atoms with Crippen LogP contribution in [-0.4, -0.2) is 22.2 Å². The standard InChI is InChI=1S/C16H19N3O/c1-2-4-16-15(3-1)12(10-20-16)8-19-9-14(18-11-19)7-17-13-5-6-13/h1-4,9,11-13,17H,5-8,10H2. The van der Waals surface area contributed by atoms with Crippen LogP contribution >= 0.6 is 0 Å². The van der Waals surface area contributed by atoms with Crippen LogP contribution in [0.1, 0.15) is 30.0 Å². The third-order valence-electron chi connectivity index (χ3n) is 4.07. The second-order valence-electron chi connectivity index (χ2n) is 5.76. The van der Waals surface area contributed by atoms with Gasteiger partial charge in [-0.3, -0.25) is 0 Å². The van der Waals surface area contributed by atoms with E-state index in [1.807, 2.05) is 18.5 Å². The molecule has 20 heavy (non-hydrogen) atoms. The zero-order valence-corrected chi connectivity index (χ0v) is 11.5. The van der Waals surface area contributed by atoms with Crippen LogP contribution in [-0.2, 0) is 13.1 Å². The Hall–Kier alpha value is -1.81. The van der Waals surface area contributed by atoms with Crippen molar-refractivity contribution >= 4 is 0 Å². The van der Waals surface area contributed by atoms with Gasteiger partial charge in [0.25, 0.3) is 0 Å². The highest BCUT2D eigenvalue weighted by molar-refractivity contribution is 5.39. The molecule has 0 saturated heterocycles. The highest BCUT2D eigenvalue weighted by Gasteiger charge is 2.24. The average Bonchev–Trinajstić information content (AvgIpc) is 3.06. The van der Waals surface area contributed by atoms with Gasteiger partial charge in [-0.2, -0.15) is 0 Å². The van der Waals surface area contributed by atoms with Gasteiger partial charge in [0.15, 0.2) is 0 Å². The minimum Gasteiger partial charge on any atom is -0.493 e. The number of imidazole rings is 1. The second kappa shape index (κ2) is 4.94. The van der Waals surface area contributed by atoms with E-state index in [1.54, 1.807) is 0 Å². The number of nitrogens with one attached hydrogen (secondary N) is 1. The summed E-state index contributed by atoms with van der Waals surface area (Å²) in [6.07, 6.45) is 6.72. The first kappa shape index (κ1) is 12.0. The summed E-state index contributed by atoms with van der Waals surface area (Å²) in [5, 5.41) is 3.49. The van der Waals surface area contributed by atoms with Crippen LogP contribution in [0.5, 0.6) is 5.75 Å². The molecule has 2 aromatic rings. The van der Waals surface area contributed by atoms with Crippen molar-refractivity contribution in [2.24, 2.45) is 0 Å². The van der Waals surface area contributed by atoms with E-state index < -0.39 is 0 Å². The maximum absolute atomic E-state index is 5.73. The molecule has 4 rings (SSSR count). The summed E-state index contributed by atoms with van der Waals surface area (Å²) in [6, 6.07) is 9.06. The van der Waals surface area contributed by atoms with Crippen LogP contribution < -0.4 is 10.1 Å². The molecule has 4 heteroatoms. The third kappa shape index (κ3) is 2.43. The first-order valence-corrected chi connectivity index (χ1v) is 7.34. The minimum atomic E-state index is 0.435. The van der Waals surface area contributed by atoms with Crippen LogP contribution in [0, 0.1) is 0 Å². The van der Waals surface area contributed by atoms with Crippen molar-refractivity contribution < 1.29 is 4.74 Å². The number of benzene rings is 1. The zero-order valence-electron chi connectivity index (χ0n) is 11.5. The monoisotopic (exact) mass is 269 g/mol. The number of ether oxygens (including phenoxy) is 1. The molecule has 1 atom stereocenters. The quantitative estimate of drug-likeness (QED) is 0.905. The molecule has 4 nitrogen and oxygen atoms in total. The lowest BCUT2D eigenvalue weighted by Crippen LogP contribution is -2.15. The van der Waals surface area contributed by atoms with Gasteiger partial charge in [-0.15, -0.1) is 0 Å². The second-order valence-corrected chi connectivity index (χ2v) is 5.76. The molecule has 1 aromatic heterocycles. The van der Waals surface area contributed by atoms with Crippen LogP contribution in [0.3, 0.4) is 0 Å². The van der Waals surface area contributed by atoms with Gasteiger partial charge in [-0.1, -0.05) is 18.2 Å². The van der Waals surface area contributed by atoms with E-state index in [0.717, 1.165) is 37.2 Å². The predicted octanol–water partition coefficient (Wildman–Crippen LogP) is 2.31. The summed E-state index contributed by atoms with van der Waals surface area (Å²) in [5.41, 5.74) is 2.45. The van der Waals surface area contributed by atoms with Crippen LogP contribution in [0.15, 0.2) is 36.8 Å². The molecule has 1 unspecified atom stereocenters. The molecule has 1 saturated carbocycles. The molecule has 1 aliphatic heterocycles. The van der Waals surface area contributed by atoms with Crippen LogP contribution in [0.4, 0.5) is 0 Å². The number of nitrogens with zero attached hydrogens (tertiary/aromatic N) is 2. The van der Waals surface area contributed by atoms with Crippen molar-refractivity contribution in [1.29, 1.82) is 0 Å². The maximum atomic E-state index is 5.73. The summed E-state index contributed by atoms with van der Waals surface area (Å²) in [6.45, 7) is 2.59. The van der Waals surface area contributed by atoms with E-state index in [9.17, 15) is 0 Å². The Morgan fingerprint density at radius 1 is 1.30 bits per heavy atom. The number of hydrogen-bond acceptors (Lipinski definition) is 3. The smallest absolute Gasteiger partial charge is 0.122 e. The van der Waals surface area contributed by atoms with Crippen molar-refractivity contribution in [3.63, 3.8) is 0 Å². The maximum Gasteiger partial charge on any atom is 0.122 e. The largest absolute Gasteiger partial charge is 0.493 e. The molecule has 1 aliphatic carbocycles. The number of fused-ring (bicyclic) bond motifs is 1. The van der Waals surface area contributed by atoms with Crippen LogP contribution in [0.2, 0.25) is 0 Å². The van der Waals surface area contributed by atoms with Crippen molar-refractivity contribution in [1.82, 2.24) is 14.9 Å². The molecule has 2 heterocycles. The highest BCUT2D eigenvalue weighted by atomic mass is 16.5. The van der Waals surface area contributed by atoms with E-state index in [4.69, 9.17) is 4.74 Å². The van der Waals surface area contributed by atoms with Crippen molar-refractivity contribution in [3.05, 3.63) is 48.0 Å². The summed E-state index contributed by atoms with van der Waals surface area (Å²) in [5.74, 6) is 1.47. The summed E-state index contributed by atoms with van der Waals surface area (Å²) in [4.78, 5) is 4.47. The van der Waals surface area contributed by atoms with E-state index in [2.05, 4.69) is 33.2 Å². The molecule has 1 aromatic carbocycles. The molecule has 1 N–H and O–H groups in total. The van der Waals surface area contributed by atoms with Crippen molar-refractivity contribution in [2.75, 3.05) is 6.61 Å². The number of hydrogen-bond donors (Lipinski definition) is 1. The predicted molar refractivity (Wildman–Crippen MR) is 76.8 cm³/mol. The number of para-hydroxylation sites is 1. The fraction of sp³-hybridized carbons (Fsp3) is 0.438. The molecule has 1 fully saturated rings. The molecular formula is C16H19N3O. The van der Waals surface area contributed by atoms with Gasteiger partial charge in [0.2, 0.25) is 0 Å². The Bertz CT molecular complexity index is 603. The first-order valence-electron chi connectivity index (χ1n) is 7.34. The van der Waals surface area contributed by atoms with E-state index in [0.29, 0.717) is 5.92 Å². The van der Waals surface area contributed by atoms with E-state index >= 15 is 0 Å². The Morgan fingerprint density at radius 2 is 2.20 bits per heavy atom. The van der Waals surface area contributed by atoms with E-state index in [-0.39, 0.29) is 0 Å². The normalized spacial score (nSPS) is 20.7. The summed E-state index contributed by atoms with van der Waals surface area (Å²) < 4.78 is 7.91. The molecule has 0 bridgehead atoms. The first-order chi connectivity index (χ1) is 9.88. The molecule has 0 amide bonds. The lowest BCUT2D eigenvalue weighted by atomic mass is 10.0.